The minimum atomic E-state index is -0.579. The molecule has 20 heavy (non-hydrogen) atoms. The largest absolute Gasteiger partial charge is 0.497 e. The first-order chi connectivity index (χ1) is 9.52. The van der Waals surface area contributed by atoms with E-state index >= 15 is 0 Å². The second-order valence-electron chi connectivity index (χ2n) is 4.62. The predicted octanol–water partition coefficient (Wildman–Crippen LogP) is 3.13. The van der Waals surface area contributed by atoms with Crippen molar-refractivity contribution in [2.24, 2.45) is 0 Å². The van der Waals surface area contributed by atoms with Crippen LogP contribution in [0.1, 0.15) is 15.9 Å². The Morgan fingerprint density at radius 2 is 1.90 bits per heavy atom. The van der Waals surface area contributed by atoms with Crippen LogP contribution in [0.2, 0.25) is 0 Å². The first-order valence-electron chi connectivity index (χ1n) is 6.18. The second-order valence-corrected chi connectivity index (χ2v) is 4.62. The van der Waals surface area contributed by atoms with E-state index in [9.17, 15) is 9.18 Å². The van der Waals surface area contributed by atoms with Crippen LogP contribution in [-0.4, -0.2) is 27.0 Å². The lowest BCUT2D eigenvalue weighted by Gasteiger charge is -2.13. The highest BCUT2D eigenvalue weighted by atomic mass is 19.1. The van der Waals surface area contributed by atoms with Crippen LogP contribution in [-0.2, 0) is 0 Å². The summed E-state index contributed by atoms with van der Waals surface area (Å²) in [6, 6.07) is 11.3. The molecule has 0 bridgehead atoms. The number of nitrogens with zero attached hydrogens (tertiary/aromatic N) is 1. The number of anilines is 1. The molecular formula is C16H16FNO2. The Morgan fingerprint density at radius 1 is 1.15 bits per heavy atom. The van der Waals surface area contributed by atoms with Gasteiger partial charge in [-0.1, -0.05) is 12.1 Å². The van der Waals surface area contributed by atoms with Gasteiger partial charge in [0.05, 0.1) is 12.7 Å². The molecule has 2 rings (SSSR count). The van der Waals surface area contributed by atoms with Crippen LogP contribution in [0.15, 0.2) is 42.5 Å². The summed E-state index contributed by atoms with van der Waals surface area (Å²) in [5, 5.41) is 0. The van der Waals surface area contributed by atoms with Crippen molar-refractivity contribution in [1.82, 2.24) is 0 Å². The van der Waals surface area contributed by atoms with E-state index in [1.807, 2.05) is 25.1 Å². The predicted molar refractivity (Wildman–Crippen MR) is 77.2 cm³/mol. The Labute approximate surface area is 117 Å². The van der Waals surface area contributed by atoms with Crippen molar-refractivity contribution in [3.8, 4) is 5.75 Å². The number of methoxy groups -OCH3 is 1. The molecule has 0 aliphatic rings. The summed E-state index contributed by atoms with van der Waals surface area (Å²) < 4.78 is 18.8. The standard InChI is InChI=1S/C16H16FNO2/c1-18(2)12-6-4-5-11(9-12)16(19)14-8-7-13(20-3)10-15(14)17/h4-10H,1-3H3. The van der Waals surface area contributed by atoms with Gasteiger partial charge in [0, 0.05) is 31.4 Å². The van der Waals surface area contributed by atoms with Gasteiger partial charge in [0.1, 0.15) is 11.6 Å². The zero-order valence-electron chi connectivity index (χ0n) is 11.7. The molecule has 0 aromatic heterocycles. The Bertz CT molecular complexity index is 638. The number of rotatable bonds is 4. The minimum Gasteiger partial charge on any atom is -0.497 e. The third-order valence-corrected chi connectivity index (χ3v) is 3.05. The molecule has 0 radical (unpaired) electrons. The third-order valence-electron chi connectivity index (χ3n) is 3.05. The number of carbonyl (C=O) groups excluding carboxylic acids is 1. The molecule has 0 N–H and O–H groups in total. The van der Waals surface area contributed by atoms with Crippen LogP contribution < -0.4 is 9.64 Å². The van der Waals surface area contributed by atoms with E-state index in [2.05, 4.69) is 0 Å². The van der Waals surface area contributed by atoms with E-state index in [-0.39, 0.29) is 11.3 Å². The molecule has 0 aliphatic carbocycles. The quantitative estimate of drug-likeness (QED) is 0.802. The first-order valence-corrected chi connectivity index (χ1v) is 6.18. The van der Waals surface area contributed by atoms with Gasteiger partial charge in [-0.2, -0.15) is 0 Å². The van der Waals surface area contributed by atoms with Crippen LogP contribution in [0.25, 0.3) is 0 Å². The first kappa shape index (κ1) is 14.1. The summed E-state index contributed by atoms with van der Waals surface area (Å²) >= 11 is 0. The number of ketones is 1. The van der Waals surface area contributed by atoms with E-state index < -0.39 is 5.82 Å². The van der Waals surface area contributed by atoms with E-state index in [1.54, 1.807) is 24.3 Å². The Balaban J connectivity index is 2.38. The average Bonchev–Trinajstić information content (AvgIpc) is 2.46. The number of hydrogen-bond acceptors (Lipinski definition) is 3. The Morgan fingerprint density at radius 3 is 2.50 bits per heavy atom. The molecule has 2 aromatic carbocycles. The monoisotopic (exact) mass is 273 g/mol. The van der Waals surface area contributed by atoms with E-state index in [0.717, 1.165) is 5.69 Å². The molecule has 2 aromatic rings. The van der Waals surface area contributed by atoms with E-state index in [0.29, 0.717) is 11.3 Å². The molecule has 0 aliphatic heterocycles. The number of ether oxygens (including phenoxy) is 1. The molecule has 0 fully saturated rings. The number of hydrogen-bond donors (Lipinski definition) is 0. The highest BCUT2D eigenvalue weighted by Gasteiger charge is 2.15. The zero-order valence-corrected chi connectivity index (χ0v) is 11.7. The van der Waals surface area contributed by atoms with Crippen LogP contribution in [0.5, 0.6) is 5.75 Å². The summed E-state index contributed by atoms with van der Waals surface area (Å²) in [7, 11) is 5.23. The molecule has 0 atom stereocenters. The average molecular weight is 273 g/mol. The highest BCUT2D eigenvalue weighted by Crippen LogP contribution is 2.21. The molecule has 0 saturated carbocycles. The topological polar surface area (TPSA) is 29.5 Å². The maximum absolute atomic E-state index is 13.9. The van der Waals surface area contributed by atoms with Gasteiger partial charge in [0.2, 0.25) is 0 Å². The zero-order chi connectivity index (χ0) is 14.7. The maximum atomic E-state index is 13.9. The lowest BCUT2D eigenvalue weighted by molar-refractivity contribution is 0.103. The van der Waals surface area contributed by atoms with Crippen molar-refractivity contribution in [3.63, 3.8) is 0 Å². The number of halogens is 1. The molecule has 4 heteroatoms. The van der Waals surface area contributed by atoms with Crippen LogP contribution in [0.4, 0.5) is 10.1 Å². The number of carbonyl (C=O) groups is 1. The van der Waals surface area contributed by atoms with Crippen molar-refractivity contribution >= 4 is 11.5 Å². The Hall–Kier alpha value is -2.36. The smallest absolute Gasteiger partial charge is 0.196 e. The van der Waals surface area contributed by atoms with E-state index in [4.69, 9.17) is 4.74 Å². The lowest BCUT2D eigenvalue weighted by atomic mass is 10.0. The maximum Gasteiger partial charge on any atom is 0.196 e. The van der Waals surface area contributed by atoms with Gasteiger partial charge in [-0.05, 0) is 24.3 Å². The molecule has 0 unspecified atom stereocenters. The summed E-state index contributed by atoms with van der Waals surface area (Å²) in [5.41, 5.74) is 1.40. The van der Waals surface area contributed by atoms with Gasteiger partial charge in [0.15, 0.2) is 5.78 Å². The second kappa shape index (κ2) is 5.74. The molecule has 0 saturated heterocycles. The van der Waals surface area contributed by atoms with Gasteiger partial charge in [0.25, 0.3) is 0 Å². The minimum absolute atomic E-state index is 0.0432. The van der Waals surface area contributed by atoms with Gasteiger partial charge in [-0.15, -0.1) is 0 Å². The third kappa shape index (κ3) is 2.79. The summed E-state index contributed by atoms with van der Waals surface area (Å²) in [4.78, 5) is 14.2. The van der Waals surface area contributed by atoms with Crippen molar-refractivity contribution in [1.29, 1.82) is 0 Å². The van der Waals surface area contributed by atoms with Crippen molar-refractivity contribution < 1.29 is 13.9 Å². The van der Waals surface area contributed by atoms with Crippen molar-refractivity contribution in [2.75, 3.05) is 26.1 Å². The highest BCUT2D eigenvalue weighted by molar-refractivity contribution is 6.09. The fourth-order valence-electron chi connectivity index (χ4n) is 1.89. The molecule has 0 spiro atoms. The van der Waals surface area contributed by atoms with Crippen molar-refractivity contribution in [3.05, 3.63) is 59.4 Å². The van der Waals surface area contributed by atoms with Crippen molar-refractivity contribution in [2.45, 2.75) is 0 Å². The molecule has 0 heterocycles. The summed E-state index contributed by atoms with van der Waals surface area (Å²) in [5.74, 6) is -0.528. The van der Waals surface area contributed by atoms with Gasteiger partial charge in [-0.25, -0.2) is 4.39 Å². The molecule has 104 valence electrons. The fourth-order valence-corrected chi connectivity index (χ4v) is 1.89. The van der Waals surface area contributed by atoms with Crippen LogP contribution >= 0.6 is 0 Å². The molecule has 0 amide bonds. The normalized spacial score (nSPS) is 10.2. The number of benzene rings is 2. The van der Waals surface area contributed by atoms with Gasteiger partial charge in [-0.3, -0.25) is 4.79 Å². The Kier molecular flexibility index (Phi) is 4.03. The van der Waals surface area contributed by atoms with Gasteiger partial charge < -0.3 is 9.64 Å². The van der Waals surface area contributed by atoms with Gasteiger partial charge >= 0.3 is 0 Å². The molecule has 3 nitrogen and oxygen atoms in total. The van der Waals surface area contributed by atoms with Crippen LogP contribution in [0.3, 0.4) is 0 Å². The fraction of sp³-hybridized carbons (Fsp3) is 0.188. The summed E-state index contributed by atoms with van der Waals surface area (Å²) in [6.45, 7) is 0. The molecular weight excluding hydrogens is 257 g/mol. The van der Waals surface area contributed by atoms with E-state index in [1.165, 1.54) is 19.2 Å². The van der Waals surface area contributed by atoms with Crippen LogP contribution in [0, 0.1) is 5.82 Å². The lowest BCUT2D eigenvalue weighted by Crippen LogP contribution is -2.10. The SMILES string of the molecule is COc1ccc(C(=O)c2cccc(N(C)C)c2)c(F)c1. The summed E-state index contributed by atoms with van der Waals surface area (Å²) in [6.07, 6.45) is 0.